The van der Waals surface area contributed by atoms with Crippen LogP contribution in [0.15, 0.2) is 84.9 Å². The van der Waals surface area contributed by atoms with E-state index in [4.69, 9.17) is 0 Å². The fourth-order valence-corrected chi connectivity index (χ4v) is 2.92. The first kappa shape index (κ1) is 15.7. The quantitative estimate of drug-likeness (QED) is 0.461. The summed E-state index contributed by atoms with van der Waals surface area (Å²) in [5.74, 6) is 0. The lowest BCUT2D eigenvalue weighted by Gasteiger charge is -2.31. The van der Waals surface area contributed by atoms with Crippen LogP contribution in [-0.4, -0.2) is 4.92 Å². The summed E-state index contributed by atoms with van der Waals surface area (Å²) in [6, 6.07) is 26.6. The molecule has 3 rings (SSSR count). The van der Waals surface area contributed by atoms with Crippen molar-refractivity contribution in [2.24, 2.45) is 0 Å². The van der Waals surface area contributed by atoms with Gasteiger partial charge in [-0.25, -0.2) is 0 Å². The zero-order valence-electron chi connectivity index (χ0n) is 13.4. The van der Waals surface area contributed by atoms with Gasteiger partial charge in [-0.2, -0.15) is 0 Å². The molecule has 0 aliphatic carbocycles. The number of hydrogen-bond donors (Lipinski definition) is 0. The molecule has 3 aromatic carbocycles. The second-order valence-corrected chi connectivity index (χ2v) is 5.53. The lowest BCUT2D eigenvalue weighted by molar-refractivity contribution is -0.385. The molecule has 0 bridgehead atoms. The van der Waals surface area contributed by atoms with Gasteiger partial charge in [-0.1, -0.05) is 54.6 Å². The second kappa shape index (κ2) is 6.96. The summed E-state index contributed by atoms with van der Waals surface area (Å²) >= 11 is 0. The van der Waals surface area contributed by atoms with E-state index < -0.39 is 0 Å². The van der Waals surface area contributed by atoms with E-state index in [2.05, 4.69) is 4.90 Å². The van der Waals surface area contributed by atoms with Crippen molar-refractivity contribution in [3.8, 4) is 0 Å². The summed E-state index contributed by atoms with van der Waals surface area (Å²) in [6.07, 6.45) is 0. The number of benzene rings is 3. The van der Waals surface area contributed by atoms with E-state index in [1.165, 1.54) is 0 Å². The maximum Gasteiger partial charge on any atom is 0.274 e. The molecule has 0 saturated carbocycles. The van der Waals surface area contributed by atoms with Crippen LogP contribution >= 0.6 is 0 Å². The Morgan fingerprint density at radius 2 is 1.25 bits per heavy atom. The van der Waals surface area contributed by atoms with Crippen molar-refractivity contribution in [2.45, 2.75) is 13.0 Å². The van der Waals surface area contributed by atoms with Gasteiger partial charge in [0.2, 0.25) is 0 Å². The molecular weight excluding hydrogens is 300 g/mol. The van der Waals surface area contributed by atoms with Crippen LogP contribution in [0.2, 0.25) is 0 Å². The maximum atomic E-state index is 11.4. The van der Waals surface area contributed by atoms with Crippen LogP contribution in [0.3, 0.4) is 0 Å². The van der Waals surface area contributed by atoms with E-state index in [9.17, 15) is 10.1 Å². The molecule has 4 nitrogen and oxygen atoms in total. The topological polar surface area (TPSA) is 46.4 Å². The van der Waals surface area contributed by atoms with E-state index in [1.54, 1.807) is 12.1 Å². The Labute approximate surface area is 141 Å². The van der Waals surface area contributed by atoms with Gasteiger partial charge >= 0.3 is 0 Å². The molecule has 3 aromatic rings. The Morgan fingerprint density at radius 1 is 0.792 bits per heavy atom. The molecule has 1 unspecified atom stereocenters. The molecule has 120 valence electrons. The zero-order chi connectivity index (χ0) is 16.9. The molecule has 0 fully saturated rings. The van der Waals surface area contributed by atoms with Gasteiger partial charge in [0.25, 0.3) is 5.69 Å². The van der Waals surface area contributed by atoms with Crippen molar-refractivity contribution in [3.05, 3.63) is 101 Å². The molecule has 0 amide bonds. The predicted molar refractivity (Wildman–Crippen MR) is 96.5 cm³/mol. The summed E-state index contributed by atoms with van der Waals surface area (Å²) in [5, 5.41) is 11.4. The molecule has 0 N–H and O–H groups in total. The standard InChI is InChI=1S/C20H18N2O2/c1-16(19-14-8-9-15-20(19)22(23)24)21(17-10-4-2-5-11-17)18-12-6-3-7-13-18/h2-16H,1H3. The van der Waals surface area contributed by atoms with Gasteiger partial charge in [0.15, 0.2) is 0 Å². The Kier molecular flexibility index (Phi) is 4.57. The monoisotopic (exact) mass is 318 g/mol. The van der Waals surface area contributed by atoms with E-state index in [-0.39, 0.29) is 16.7 Å². The fraction of sp³-hybridized carbons (Fsp3) is 0.100. The Morgan fingerprint density at radius 3 is 1.75 bits per heavy atom. The third-order valence-corrected chi connectivity index (χ3v) is 4.04. The average Bonchev–Trinajstić information content (AvgIpc) is 2.63. The second-order valence-electron chi connectivity index (χ2n) is 5.53. The van der Waals surface area contributed by atoms with Crippen LogP contribution in [-0.2, 0) is 0 Å². The lowest BCUT2D eigenvalue weighted by atomic mass is 10.0. The van der Waals surface area contributed by atoms with Crippen molar-refractivity contribution in [1.82, 2.24) is 0 Å². The Bertz CT molecular complexity index is 780. The van der Waals surface area contributed by atoms with Gasteiger partial charge in [-0.3, -0.25) is 10.1 Å². The highest BCUT2D eigenvalue weighted by atomic mass is 16.6. The Balaban J connectivity index is 2.12. The number of hydrogen-bond acceptors (Lipinski definition) is 3. The third-order valence-electron chi connectivity index (χ3n) is 4.04. The number of nitro benzene ring substituents is 1. The van der Waals surface area contributed by atoms with E-state index in [0.29, 0.717) is 5.56 Å². The molecule has 4 heteroatoms. The Hall–Kier alpha value is -3.14. The first-order valence-electron chi connectivity index (χ1n) is 7.81. The van der Waals surface area contributed by atoms with Crippen LogP contribution in [0.4, 0.5) is 17.1 Å². The molecular formula is C20H18N2O2. The summed E-state index contributed by atoms with van der Waals surface area (Å²) in [5.41, 5.74) is 2.82. The van der Waals surface area contributed by atoms with Crippen LogP contribution in [0.1, 0.15) is 18.5 Å². The minimum atomic E-state index is -0.319. The molecule has 0 saturated heterocycles. The summed E-state index contributed by atoms with van der Waals surface area (Å²) in [6.45, 7) is 1.99. The normalized spacial score (nSPS) is 11.7. The van der Waals surface area contributed by atoms with Gasteiger partial charge in [0, 0.05) is 17.4 Å². The van der Waals surface area contributed by atoms with Crippen LogP contribution in [0.25, 0.3) is 0 Å². The summed E-state index contributed by atoms with van der Waals surface area (Å²) in [4.78, 5) is 13.2. The van der Waals surface area contributed by atoms with Crippen LogP contribution in [0, 0.1) is 10.1 Å². The highest BCUT2D eigenvalue weighted by molar-refractivity contribution is 5.65. The smallest absolute Gasteiger partial charge is 0.274 e. The zero-order valence-corrected chi connectivity index (χ0v) is 13.4. The summed E-state index contributed by atoms with van der Waals surface area (Å²) in [7, 11) is 0. The van der Waals surface area contributed by atoms with Crippen molar-refractivity contribution in [3.63, 3.8) is 0 Å². The number of rotatable bonds is 5. The van der Waals surface area contributed by atoms with Crippen molar-refractivity contribution in [1.29, 1.82) is 0 Å². The van der Waals surface area contributed by atoms with Gasteiger partial charge in [0.1, 0.15) is 0 Å². The highest BCUT2D eigenvalue weighted by Gasteiger charge is 2.24. The third kappa shape index (κ3) is 3.13. The number of para-hydroxylation sites is 3. The number of anilines is 2. The van der Waals surface area contributed by atoms with Crippen LogP contribution < -0.4 is 4.90 Å². The largest absolute Gasteiger partial charge is 0.334 e. The minimum absolute atomic E-state index is 0.141. The molecule has 1 atom stereocenters. The van der Waals surface area contributed by atoms with E-state index in [0.717, 1.165) is 11.4 Å². The molecule has 0 spiro atoms. The SMILES string of the molecule is CC(c1ccccc1[N+](=O)[O-])N(c1ccccc1)c1ccccc1. The highest BCUT2D eigenvalue weighted by Crippen LogP contribution is 2.37. The predicted octanol–water partition coefficient (Wildman–Crippen LogP) is 5.49. The number of nitrogens with zero attached hydrogens (tertiary/aromatic N) is 2. The molecule has 0 aromatic heterocycles. The first-order chi connectivity index (χ1) is 11.7. The van der Waals surface area contributed by atoms with Crippen LogP contribution in [0.5, 0.6) is 0 Å². The van der Waals surface area contributed by atoms with Gasteiger partial charge < -0.3 is 4.90 Å². The first-order valence-corrected chi connectivity index (χ1v) is 7.81. The average molecular weight is 318 g/mol. The summed E-state index contributed by atoms with van der Waals surface area (Å²) < 4.78 is 0. The molecule has 0 aliphatic rings. The molecule has 24 heavy (non-hydrogen) atoms. The maximum absolute atomic E-state index is 11.4. The lowest BCUT2D eigenvalue weighted by Crippen LogP contribution is -2.22. The minimum Gasteiger partial charge on any atom is -0.334 e. The van der Waals surface area contributed by atoms with Crippen molar-refractivity contribution in [2.75, 3.05) is 4.90 Å². The van der Waals surface area contributed by atoms with E-state index >= 15 is 0 Å². The number of nitro groups is 1. The fourth-order valence-electron chi connectivity index (χ4n) is 2.92. The van der Waals surface area contributed by atoms with Gasteiger partial charge in [0.05, 0.1) is 16.5 Å². The molecule has 0 radical (unpaired) electrons. The molecule has 0 heterocycles. The van der Waals surface area contributed by atoms with Crippen molar-refractivity contribution < 1.29 is 4.92 Å². The van der Waals surface area contributed by atoms with Gasteiger partial charge in [-0.05, 0) is 31.2 Å². The molecule has 0 aliphatic heterocycles. The van der Waals surface area contributed by atoms with Gasteiger partial charge in [-0.15, -0.1) is 0 Å². The van der Waals surface area contributed by atoms with E-state index in [1.807, 2.05) is 79.7 Å². The van der Waals surface area contributed by atoms with Crippen molar-refractivity contribution >= 4 is 17.1 Å².